The van der Waals surface area contributed by atoms with Crippen LogP contribution in [0.25, 0.3) is 0 Å². The lowest BCUT2D eigenvalue weighted by molar-refractivity contribution is 0.594. The van der Waals surface area contributed by atoms with Crippen molar-refractivity contribution < 1.29 is 4.39 Å². The van der Waals surface area contributed by atoms with Crippen LogP contribution in [0.5, 0.6) is 0 Å². The van der Waals surface area contributed by atoms with Gasteiger partial charge in [-0.1, -0.05) is 13.0 Å². The van der Waals surface area contributed by atoms with E-state index in [1.165, 1.54) is 12.1 Å². The summed E-state index contributed by atoms with van der Waals surface area (Å²) in [6, 6.07) is 6.18. The Morgan fingerprint density at radius 3 is 2.90 bits per heavy atom. The minimum absolute atomic E-state index is 0.113. The molecule has 7 heteroatoms. The molecule has 112 valence electrons. The number of nitrogen functional groups attached to an aromatic ring is 1. The number of nitrogens with one attached hydrogen (secondary N) is 2. The molecular weight excluding hydrogens is 291 g/mol. The smallest absolute Gasteiger partial charge is 0.253 e. The third-order valence-corrected chi connectivity index (χ3v) is 3.64. The number of rotatable bonds is 6. The van der Waals surface area contributed by atoms with Gasteiger partial charge in [0.25, 0.3) is 5.56 Å². The molecule has 0 atom stereocenters. The average molecular weight is 308 g/mol. The van der Waals surface area contributed by atoms with E-state index in [1.807, 2.05) is 6.07 Å². The third-order valence-electron chi connectivity index (χ3n) is 2.70. The van der Waals surface area contributed by atoms with Crippen LogP contribution < -0.4 is 16.6 Å². The van der Waals surface area contributed by atoms with Gasteiger partial charge in [0, 0.05) is 12.6 Å². The monoisotopic (exact) mass is 308 g/mol. The van der Waals surface area contributed by atoms with Gasteiger partial charge in [0.1, 0.15) is 11.6 Å². The van der Waals surface area contributed by atoms with Gasteiger partial charge in [-0.25, -0.2) is 9.37 Å². The molecule has 2 rings (SSSR count). The highest BCUT2D eigenvalue weighted by Crippen LogP contribution is 2.27. The number of halogens is 1. The largest absolute Gasteiger partial charge is 0.383 e. The molecule has 5 nitrogen and oxygen atoms in total. The Kier molecular flexibility index (Phi) is 5.35. The predicted octanol–water partition coefficient (Wildman–Crippen LogP) is 2.14. The molecule has 21 heavy (non-hydrogen) atoms. The highest BCUT2D eigenvalue weighted by molar-refractivity contribution is 7.99. The minimum Gasteiger partial charge on any atom is -0.383 e. The Balaban J connectivity index is 2.11. The number of aromatic nitrogens is 2. The molecule has 0 fully saturated rings. The Morgan fingerprint density at radius 1 is 1.43 bits per heavy atom. The van der Waals surface area contributed by atoms with Crippen molar-refractivity contribution in [2.24, 2.45) is 0 Å². The molecule has 0 aliphatic rings. The summed E-state index contributed by atoms with van der Waals surface area (Å²) in [5, 5.41) is 3.49. The second-order valence-electron chi connectivity index (χ2n) is 4.52. The van der Waals surface area contributed by atoms with Crippen LogP contribution in [0.4, 0.5) is 10.2 Å². The fraction of sp³-hybridized carbons (Fsp3) is 0.286. The van der Waals surface area contributed by atoms with Gasteiger partial charge < -0.3 is 16.0 Å². The first-order valence-electron chi connectivity index (χ1n) is 6.62. The molecule has 2 aromatic rings. The first-order chi connectivity index (χ1) is 10.1. The van der Waals surface area contributed by atoms with Crippen molar-refractivity contribution in [1.82, 2.24) is 15.3 Å². The minimum atomic E-state index is -0.356. The molecule has 0 amide bonds. The van der Waals surface area contributed by atoms with Crippen LogP contribution in [0.2, 0.25) is 0 Å². The second-order valence-corrected chi connectivity index (χ2v) is 5.55. The molecule has 0 radical (unpaired) electrons. The second kappa shape index (κ2) is 7.24. The summed E-state index contributed by atoms with van der Waals surface area (Å²) in [5.74, 6) is -0.233. The average Bonchev–Trinajstić information content (AvgIpc) is 2.41. The third kappa shape index (κ3) is 4.57. The lowest BCUT2D eigenvalue weighted by Crippen LogP contribution is -2.13. The fourth-order valence-electron chi connectivity index (χ4n) is 1.75. The van der Waals surface area contributed by atoms with Crippen LogP contribution in [-0.2, 0) is 6.54 Å². The van der Waals surface area contributed by atoms with E-state index in [4.69, 9.17) is 5.73 Å². The maximum atomic E-state index is 14.0. The van der Waals surface area contributed by atoms with E-state index in [9.17, 15) is 9.18 Å². The van der Waals surface area contributed by atoms with Crippen molar-refractivity contribution in [3.63, 3.8) is 0 Å². The molecule has 1 aromatic carbocycles. The SMILES string of the molecule is CCCNCc1ccc(Sc2nc(N)cc(=O)[nH]2)c(F)c1. The zero-order chi connectivity index (χ0) is 15.2. The van der Waals surface area contributed by atoms with Crippen molar-refractivity contribution in [2.75, 3.05) is 12.3 Å². The van der Waals surface area contributed by atoms with Gasteiger partial charge in [0.2, 0.25) is 0 Å². The van der Waals surface area contributed by atoms with Crippen molar-refractivity contribution >= 4 is 17.6 Å². The number of benzene rings is 1. The summed E-state index contributed by atoms with van der Waals surface area (Å²) in [4.78, 5) is 18.2. The zero-order valence-corrected chi connectivity index (χ0v) is 12.5. The molecule has 0 saturated carbocycles. The van der Waals surface area contributed by atoms with Crippen LogP contribution in [0.15, 0.2) is 39.1 Å². The molecule has 1 aromatic heterocycles. The zero-order valence-electron chi connectivity index (χ0n) is 11.6. The molecule has 1 heterocycles. The van der Waals surface area contributed by atoms with Gasteiger partial charge in [-0.2, -0.15) is 0 Å². The number of hydrogen-bond acceptors (Lipinski definition) is 5. The summed E-state index contributed by atoms with van der Waals surface area (Å²) in [6.45, 7) is 3.60. The number of hydrogen-bond donors (Lipinski definition) is 3. The number of nitrogens with zero attached hydrogens (tertiary/aromatic N) is 1. The maximum Gasteiger partial charge on any atom is 0.253 e. The highest BCUT2D eigenvalue weighted by atomic mass is 32.2. The Hall–Kier alpha value is -1.86. The number of nitrogens with two attached hydrogens (primary N) is 1. The van der Waals surface area contributed by atoms with Crippen LogP contribution in [0.3, 0.4) is 0 Å². The summed E-state index contributed by atoms with van der Waals surface area (Å²) >= 11 is 1.04. The Labute approximate surface area is 126 Å². The summed E-state index contributed by atoms with van der Waals surface area (Å²) in [7, 11) is 0. The lowest BCUT2D eigenvalue weighted by Gasteiger charge is -2.07. The molecule has 0 bridgehead atoms. The molecule has 0 aliphatic carbocycles. The first-order valence-corrected chi connectivity index (χ1v) is 7.44. The maximum absolute atomic E-state index is 14.0. The summed E-state index contributed by atoms with van der Waals surface area (Å²) in [5.41, 5.74) is 6.02. The number of aromatic amines is 1. The topological polar surface area (TPSA) is 83.8 Å². The van der Waals surface area contributed by atoms with E-state index in [0.29, 0.717) is 11.4 Å². The summed E-state index contributed by atoms with van der Waals surface area (Å²) in [6.07, 6.45) is 1.03. The predicted molar refractivity (Wildman–Crippen MR) is 81.8 cm³/mol. The van der Waals surface area contributed by atoms with E-state index >= 15 is 0 Å². The van der Waals surface area contributed by atoms with Crippen molar-refractivity contribution in [3.8, 4) is 0 Å². The molecule has 0 saturated heterocycles. The molecule has 0 unspecified atom stereocenters. The quantitative estimate of drug-likeness (QED) is 0.562. The molecular formula is C14H17FN4OS. The Bertz CT molecular complexity index is 674. The van der Waals surface area contributed by atoms with Gasteiger partial charge in [-0.05, 0) is 42.4 Å². The molecule has 4 N–H and O–H groups in total. The normalized spacial score (nSPS) is 10.8. The van der Waals surface area contributed by atoms with Crippen LogP contribution in [0, 0.1) is 5.82 Å². The van der Waals surface area contributed by atoms with Crippen LogP contribution in [0.1, 0.15) is 18.9 Å². The van der Waals surface area contributed by atoms with Gasteiger partial charge in [-0.15, -0.1) is 0 Å². The van der Waals surface area contributed by atoms with Crippen LogP contribution >= 0.6 is 11.8 Å². The van der Waals surface area contributed by atoms with E-state index < -0.39 is 0 Å². The van der Waals surface area contributed by atoms with Gasteiger partial charge in [0.05, 0.1) is 4.90 Å². The van der Waals surface area contributed by atoms with Crippen molar-refractivity contribution in [1.29, 1.82) is 0 Å². The fourth-order valence-corrected chi connectivity index (χ4v) is 2.56. The Morgan fingerprint density at radius 2 is 2.24 bits per heavy atom. The van der Waals surface area contributed by atoms with E-state index in [0.717, 1.165) is 30.3 Å². The molecule has 0 spiro atoms. The van der Waals surface area contributed by atoms with Crippen molar-refractivity contribution in [2.45, 2.75) is 29.9 Å². The first kappa shape index (κ1) is 15.5. The van der Waals surface area contributed by atoms with Gasteiger partial charge in [0.15, 0.2) is 5.16 Å². The van der Waals surface area contributed by atoms with E-state index in [2.05, 4.69) is 22.2 Å². The van der Waals surface area contributed by atoms with Crippen LogP contribution in [-0.4, -0.2) is 16.5 Å². The summed E-state index contributed by atoms with van der Waals surface area (Å²) < 4.78 is 14.0. The van der Waals surface area contributed by atoms with E-state index in [-0.39, 0.29) is 22.4 Å². The van der Waals surface area contributed by atoms with Gasteiger partial charge >= 0.3 is 0 Å². The standard InChI is InChI=1S/C14H17FN4OS/c1-2-5-17-8-9-3-4-11(10(15)6-9)21-14-18-12(16)7-13(20)19-14/h3-4,6-7,17H,2,5,8H2,1H3,(H3,16,18,19,20). The highest BCUT2D eigenvalue weighted by Gasteiger charge is 2.08. The van der Waals surface area contributed by atoms with E-state index in [1.54, 1.807) is 6.07 Å². The van der Waals surface area contributed by atoms with Gasteiger partial charge in [-0.3, -0.25) is 4.79 Å². The van der Waals surface area contributed by atoms with Crippen molar-refractivity contribution in [3.05, 3.63) is 46.0 Å². The lowest BCUT2D eigenvalue weighted by atomic mass is 10.2. The number of anilines is 1. The molecule has 0 aliphatic heterocycles. The number of H-pyrrole nitrogens is 1.